The maximum atomic E-state index is 6.08. The number of nitrogens with zero attached hydrogens (tertiary/aromatic N) is 2. The van der Waals surface area contributed by atoms with Gasteiger partial charge in [-0.25, -0.2) is 9.97 Å². The minimum Gasteiger partial charge on any atom is -0.493 e. The summed E-state index contributed by atoms with van der Waals surface area (Å²) in [5.74, 6) is 1.16. The van der Waals surface area contributed by atoms with E-state index in [1.54, 1.807) is 0 Å². The fraction of sp³-hybridized carbons (Fsp3) is 0.0909. The molecule has 26 heavy (non-hydrogen) atoms. The van der Waals surface area contributed by atoms with Crippen LogP contribution in [-0.4, -0.2) is 16.6 Å². The molecule has 4 nitrogen and oxygen atoms in total. The molecule has 4 heteroatoms. The highest BCUT2D eigenvalue weighted by Gasteiger charge is 2.08. The topological polar surface area (TPSA) is 61.0 Å². The molecule has 128 valence electrons. The third-order valence-electron chi connectivity index (χ3n) is 4.27. The molecule has 0 saturated heterocycles. The molecule has 0 atom stereocenters. The molecule has 0 aliphatic rings. The van der Waals surface area contributed by atoms with Crippen molar-refractivity contribution in [1.29, 1.82) is 0 Å². The lowest BCUT2D eigenvalue weighted by Crippen LogP contribution is -2.07. The van der Waals surface area contributed by atoms with E-state index in [1.165, 1.54) is 0 Å². The minimum atomic E-state index is 0.295. The Morgan fingerprint density at radius 1 is 0.769 bits per heavy atom. The summed E-state index contributed by atoms with van der Waals surface area (Å²) >= 11 is 0. The molecule has 0 saturated carbocycles. The van der Waals surface area contributed by atoms with Crippen LogP contribution in [0.3, 0.4) is 0 Å². The number of hydrogen-bond acceptors (Lipinski definition) is 4. The van der Waals surface area contributed by atoms with Gasteiger partial charge in [-0.05, 0) is 17.7 Å². The molecular formula is C22H19N3O. The molecule has 0 fully saturated rings. The Kier molecular flexibility index (Phi) is 4.48. The lowest BCUT2D eigenvalue weighted by Gasteiger charge is -2.12. The zero-order chi connectivity index (χ0) is 17.8. The molecule has 0 unspecified atom stereocenters. The van der Waals surface area contributed by atoms with E-state index in [4.69, 9.17) is 10.5 Å². The van der Waals surface area contributed by atoms with Crippen LogP contribution in [0.25, 0.3) is 22.0 Å². The van der Waals surface area contributed by atoms with Crippen molar-refractivity contribution in [3.63, 3.8) is 0 Å². The molecule has 1 heterocycles. The molecule has 0 aliphatic heterocycles. The average Bonchev–Trinajstić information content (AvgIpc) is 2.69. The first kappa shape index (κ1) is 16.1. The Morgan fingerprint density at radius 2 is 1.50 bits per heavy atom. The number of benzene rings is 3. The molecule has 0 spiro atoms. The van der Waals surface area contributed by atoms with Crippen molar-refractivity contribution < 1.29 is 4.74 Å². The van der Waals surface area contributed by atoms with Gasteiger partial charge in [-0.3, -0.25) is 0 Å². The van der Waals surface area contributed by atoms with Gasteiger partial charge in [0, 0.05) is 17.4 Å². The van der Waals surface area contributed by atoms with E-state index in [0.29, 0.717) is 19.0 Å². The Hall–Kier alpha value is -3.40. The summed E-state index contributed by atoms with van der Waals surface area (Å²) in [5.41, 5.74) is 9.84. The predicted molar refractivity (Wildman–Crippen MR) is 105 cm³/mol. The van der Waals surface area contributed by atoms with Crippen LogP contribution in [-0.2, 0) is 6.42 Å². The molecule has 4 aromatic rings. The molecule has 0 amide bonds. The second-order valence-electron chi connectivity index (χ2n) is 6.01. The summed E-state index contributed by atoms with van der Waals surface area (Å²) in [6, 6.07) is 26.2. The van der Waals surface area contributed by atoms with Crippen molar-refractivity contribution in [2.45, 2.75) is 6.42 Å². The Morgan fingerprint density at radius 3 is 2.38 bits per heavy atom. The normalized spacial score (nSPS) is 10.8. The van der Waals surface area contributed by atoms with Crippen LogP contribution in [0.5, 0.6) is 5.75 Å². The quantitative estimate of drug-likeness (QED) is 0.580. The highest BCUT2D eigenvalue weighted by atomic mass is 16.5. The number of fused-ring (bicyclic) bond motifs is 1. The van der Waals surface area contributed by atoms with Crippen LogP contribution in [0.2, 0.25) is 0 Å². The van der Waals surface area contributed by atoms with E-state index >= 15 is 0 Å². The molecule has 4 rings (SSSR count). The third-order valence-corrected chi connectivity index (χ3v) is 4.27. The van der Waals surface area contributed by atoms with Crippen molar-refractivity contribution in [3.05, 3.63) is 84.6 Å². The number of nitrogens with two attached hydrogens (primary N) is 1. The second kappa shape index (κ2) is 7.23. The van der Waals surface area contributed by atoms with E-state index in [2.05, 4.69) is 28.2 Å². The number of hydrogen-bond donors (Lipinski definition) is 1. The molecule has 0 aliphatic carbocycles. The van der Waals surface area contributed by atoms with Gasteiger partial charge in [0.15, 0.2) is 0 Å². The summed E-state index contributed by atoms with van der Waals surface area (Å²) in [6.07, 6.45) is 0.663. The largest absolute Gasteiger partial charge is 0.493 e. The van der Waals surface area contributed by atoms with Gasteiger partial charge >= 0.3 is 0 Å². The maximum absolute atomic E-state index is 6.08. The van der Waals surface area contributed by atoms with E-state index in [1.807, 2.05) is 60.7 Å². The van der Waals surface area contributed by atoms with Gasteiger partial charge in [-0.1, -0.05) is 66.7 Å². The number of rotatable bonds is 5. The van der Waals surface area contributed by atoms with Gasteiger partial charge in [0.1, 0.15) is 5.75 Å². The van der Waals surface area contributed by atoms with Crippen molar-refractivity contribution in [1.82, 2.24) is 9.97 Å². The minimum absolute atomic E-state index is 0.295. The zero-order valence-electron chi connectivity index (χ0n) is 14.3. The van der Waals surface area contributed by atoms with Crippen molar-refractivity contribution in [2.24, 2.45) is 0 Å². The lowest BCUT2D eigenvalue weighted by molar-refractivity contribution is 0.322. The number of ether oxygens (including phenoxy) is 1. The Bertz CT molecular complexity index is 1030. The maximum Gasteiger partial charge on any atom is 0.220 e. The molecular weight excluding hydrogens is 322 g/mol. The summed E-state index contributed by atoms with van der Waals surface area (Å²) in [4.78, 5) is 8.68. The first-order valence-electron chi connectivity index (χ1n) is 8.59. The molecule has 2 N–H and O–H groups in total. The fourth-order valence-electron chi connectivity index (χ4n) is 3.06. The second-order valence-corrected chi connectivity index (χ2v) is 6.01. The zero-order valence-corrected chi connectivity index (χ0v) is 14.3. The summed E-state index contributed by atoms with van der Waals surface area (Å²) in [5, 5.41) is 1.02. The van der Waals surface area contributed by atoms with Crippen LogP contribution in [0, 0.1) is 0 Å². The highest BCUT2D eigenvalue weighted by molar-refractivity contribution is 5.81. The number of aromatic nitrogens is 2. The smallest absolute Gasteiger partial charge is 0.220 e. The fourth-order valence-corrected chi connectivity index (χ4v) is 3.06. The SMILES string of the molecule is Nc1nc(CCOc2ccccc2-c2ccccc2)c2ccccc2n1. The molecule has 0 bridgehead atoms. The van der Waals surface area contributed by atoms with Gasteiger partial charge in [0.2, 0.25) is 5.95 Å². The molecule has 0 radical (unpaired) electrons. The Labute approximate surface area is 152 Å². The average molecular weight is 341 g/mol. The van der Waals surface area contributed by atoms with Gasteiger partial charge in [0.05, 0.1) is 17.8 Å². The van der Waals surface area contributed by atoms with Crippen LogP contribution in [0.1, 0.15) is 5.69 Å². The monoisotopic (exact) mass is 341 g/mol. The predicted octanol–water partition coefficient (Wildman–Crippen LogP) is 4.50. The summed E-state index contributed by atoms with van der Waals surface area (Å²) in [7, 11) is 0. The van der Waals surface area contributed by atoms with E-state index < -0.39 is 0 Å². The van der Waals surface area contributed by atoms with Gasteiger partial charge in [0.25, 0.3) is 0 Å². The number of nitrogen functional groups attached to an aromatic ring is 1. The van der Waals surface area contributed by atoms with Crippen LogP contribution < -0.4 is 10.5 Å². The van der Waals surface area contributed by atoms with Crippen LogP contribution >= 0.6 is 0 Å². The standard InChI is InChI=1S/C22H19N3O/c23-22-24-19-12-6-4-11-18(19)20(25-22)14-15-26-21-13-7-5-10-17(21)16-8-2-1-3-9-16/h1-13H,14-15H2,(H2,23,24,25). The van der Waals surface area contributed by atoms with Crippen LogP contribution in [0.4, 0.5) is 5.95 Å². The lowest BCUT2D eigenvalue weighted by atomic mass is 10.0. The third kappa shape index (κ3) is 3.35. The first-order chi connectivity index (χ1) is 12.8. The first-order valence-corrected chi connectivity index (χ1v) is 8.59. The van der Waals surface area contributed by atoms with Crippen molar-refractivity contribution in [2.75, 3.05) is 12.3 Å². The van der Waals surface area contributed by atoms with E-state index in [9.17, 15) is 0 Å². The van der Waals surface area contributed by atoms with E-state index in [0.717, 1.165) is 33.5 Å². The highest BCUT2D eigenvalue weighted by Crippen LogP contribution is 2.29. The number of para-hydroxylation sites is 2. The van der Waals surface area contributed by atoms with E-state index in [-0.39, 0.29) is 0 Å². The van der Waals surface area contributed by atoms with Gasteiger partial charge in [-0.2, -0.15) is 0 Å². The van der Waals surface area contributed by atoms with Gasteiger partial charge < -0.3 is 10.5 Å². The molecule has 3 aromatic carbocycles. The number of anilines is 1. The Balaban J connectivity index is 1.55. The van der Waals surface area contributed by atoms with Gasteiger partial charge in [-0.15, -0.1) is 0 Å². The van der Waals surface area contributed by atoms with Crippen LogP contribution in [0.15, 0.2) is 78.9 Å². The molecule has 1 aromatic heterocycles. The van der Waals surface area contributed by atoms with Crippen molar-refractivity contribution >= 4 is 16.9 Å². The summed E-state index contributed by atoms with van der Waals surface area (Å²) in [6.45, 7) is 0.518. The van der Waals surface area contributed by atoms with Crippen molar-refractivity contribution in [3.8, 4) is 16.9 Å². The summed E-state index contributed by atoms with van der Waals surface area (Å²) < 4.78 is 6.08.